The summed E-state index contributed by atoms with van der Waals surface area (Å²) >= 11 is 0. The third-order valence-corrected chi connectivity index (χ3v) is 4.88. The smallest absolute Gasteiger partial charge is 0.298 e. The van der Waals surface area contributed by atoms with E-state index in [1.165, 1.54) is 5.56 Å². The molecule has 0 saturated carbocycles. The zero-order valence-electron chi connectivity index (χ0n) is 14.5. The van der Waals surface area contributed by atoms with Gasteiger partial charge in [-0.15, -0.1) is 0 Å². The van der Waals surface area contributed by atoms with Crippen LogP contribution in [0, 0.1) is 6.92 Å². The number of oxazole rings is 1. The van der Waals surface area contributed by atoms with Crippen molar-refractivity contribution in [3.05, 3.63) is 35.6 Å². The number of aryl methyl sites for hydroxylation is 1. The van der Waals surface area contributed by atoms with Crippen LogP contribution in [0.4, 0.5) is 6.01 Å². The van der Waals surface area contributed by atoms with Gasteiger partial charge >= 0.3 is 0 Å². The molecule has 2 aromatic rings. The van der Waals surface area contributed by atoms with Gasteiger partial charge in [0.2, 0.25) is 5.91 Å². The van der Waals surface area contributed by atoms with Crippen LogP contribution >= 0.6 is 0 Å². The van der Waals surface area contributed by atoms with Gasteiger partial charge in [0.1, 0.15) is 5.52 Å². The van der Waals surface area contributed by atoms with Gasteiger partial charge < -0.3 is 19.4 Å². The van der Waals surface area contributed by atoms with Crippen molar-refractivity contribution in [1.29, 1.82) is 0 Å². The van der Waals surface area contributed by atoms with E-state index in [0.717, 1.165) is 48.9 Å². The van der Waals surface area contributed by atoms with E-state index in [1.807, 2.05) is 25.1 Å². The molecule has 25 heavy (non-hydrogen) atoms. The number of carbonyl (C=O) groups is 1. The number of hydrogen-bond acceptors (Lipinski definition) is 5. The number of rotatable bonds is 4. The minimum atomic E-state index is -0.0280. The van der Waals surface area contributed by atoms with E-state index in [9.17, 15) is 4.79 Å². The molecule has 1 N–H and O–H groups in total. The Labute approximate surface area is 146 Å². The quantitative estimate of drug-likeness (QED) is 0.926. The van der Waals surface area contributed by atoms with Gasteiger partial charge in [-0.2, -0.15) is 4.98 Å². The zero-order valence-corrected chi connectivity index (χ0v) is 14.5. The maximum absolute atomic E-state index is 12.3. The molecule has 1 atom stereocenters. The van der Waals surface area contributed by atoms with Crippen molar-refractivity contribution in [3.63, 3.8) is 0 Å². The Morgan fingerprint density at radius 2 is 2.32 bits per heavy atom. The highest BCUT2D eigenvalue weighted by Gasteiger charge is 2.29. The summed E-state index contributed by atoms with van der Waals surface area (Å²) in [5, 5.41) is 3.04. The fourth-order valence-corrected chi connectivity index (χ4v) is 3.50. The Bertz CT molecular complexity index is 811. The van der Waals surface area contributed by atoms with Crippen LogP contribution in [0.3, 0.4) is 0 Å². The molecule has 1 amide bonds. The highest BCUT2D eigenvalue weighted by atomic mass is 16.5. The van der Waals surface area contributed by atoms with Gasteiger partial charge in [-0.3, -0.25) is 4.79 Å². The average molecular weight is 341 g/mol. The van der Waals surface area contributed by atoms with E-state index in [1.54, 1.807) is 6.26 Å². The SMILES string of the molecule is Cc1ccc2oc(N3CCCC3CNC(=O)C3=COCCC3)nc2c1. The maximum Gasteiger partial charge on any atom is 0.298 e. The molecule has 0 bridgehead atoms. The number of carbonyl (C=O) groups excluding carboxylic acids is 1. The van der Waals surface area contributed by atoms with E-state index in [2.05, 4.69) is 15.2 Å². The molecule has 1 unspecified atom stereocenters. The molecule has 0 spiro atoms. The van der Waals surface area contributed by atoms with Crippen molar-refractivity contribution in [2.75, 3.05) is 24.6 Å². The first-order valence-electron chi connectivity index (χ1n) is 8.93. The van der Waals surface area contributed by atoms with Crippen molar-refractivity contribution < 1.29 is 13.9 Å². The van der Waals surface area contributed by atoms with Crippen molar-refractivity contribution in [1.82, 2.24) is 10.3 Å². The largest absolute Gasteiger partial charge is 0.501 e. The lowest BCUT2D eigenvalue weighted by Gasteiger charge is -2.23. The second kappa shape index (κ2) is 6.78. The van der Waals surface area contributed by atoms with Crippen LogP contribution < -0.4 is 10.2 Å². The monoisotopic (exact) mass is 341 g/mol. The fourth-order valence-electron chi connectivity index (χ4n) is 3.50. The maximum atomic E-state index is 12.3. The topological polar surface area (TPSA) is 67.6 Å². The number of aromatic nitrogens is 1. The first-order chi connectivity index (χ1) is 12.2. The molecule has 6 heteroatoms. The first kappa shape index (κ1) is 16.0. The predicted octanol–water partition coefficient (Wildman–Crippen LogP) is 2.92. The van der Waals surface area contributed by atoms with E-state index in [0.29, 0.717) is 19.2 Å². The molecule has 2 aliphatic rings. The minimum absolute atomic E-state index is 0.0280. The molecule has 1 aromatic carbocycles. The van der Waals surface area contributed by atoms with Crippen molar-refractivity contribution in [3.8, 4) is 0 Å². The number of fused-ring (bicyclic) bond motifs is 1. The zero-order chi connectivity index (χ0) is 17.2. The molecular weight excluding hydrogens is 318 g/mol. The van der Waals surface area contributed by atoms with Crippen molar-refractivity contribution in [2.24, 2.45) is 0 Å². The van der Waals surface area contributed by atoms with Gasteiger partial charge in [0.15, 0.2) is 5.58 Å². The summed E-state index contributed by atoms with van der Waals surface area (Å²) < 4.78 is 11.2. The molecule has 1 aromatic heterocycles. The summed E-state index contributed by atoms with van der Waals surface area (Å²) in [6, 6.07) is 6.88. The number of nitrogens with one attached hydrogen (secondary N) is 1. The lowest BCUT2D eigenvalue weighted by atomic mass is 10.1. The second-order valence-corrected chi connectivity index (χ2v) is 6.78. The summed E-state index contributed by atoms with van der Waals surface area (Å²) in [6.45, 7) is 4.24. The minimum Gasteiger partial charge on any atom is -0.501 e. The van der Waals surface area contributed by atoms with Crippen LogP contribution in [-0.4, -0.2) is 36.6 Å². The Kier molecular flexibility index (Phi) is 4.34. The molecule has 3 heterocycles. The molecule has 6 nitrogen and oxygen atoms in total. The number of ether oxygens (including phenoxy) is 1. The van der Waals surface area contributed by atoms with Gasteiger partial charge in [0.05, 0.1) is 24.5 Å². The molecule has 1 fully saturated rings. The molecule has 1 saturated heterocycles. The van der Waals surface area contributed by atoms with Crippen LogP contribution in [0.1, 0.15) is 31.2 Å². The Balaban J connectivity index is 1.44. The van der Waals surface area contributed by atoms with Gasteiger partial charge in [-0.05, 0) is 50.3 Å². The summed E-state index contributed by atoms with van der Waals surface area (Å²) in [7, 11) is 0. The van der Waals surface area contributed by atoms with E-state index in [-0.39, 0.29) is 11.9 Å². The number of anilines is 1. The molecule has 0 aliphatic carbocycles. The molecular formula is C19H23N3O3. The normalized spacial score (nSPS) is 20.4. The third-order valence-electron chi connectivity index (χ3n) is 4.88. The molecule has 0 radical (unpaired) electrons. The fraction of sp³-hybridized carbons (Fsp3) is 0.474. The summed E-state index contributed by atoms with van der Waals surface area (Å²) in [5.41, 5.74) is 3.59. The Morgan fingerprint density at radius 3 is 3.16 bits per heavy atom. The lowest BCUT2D eigenvalue weighted by Crippen LogP contribution is -2.41. The van der Waals surface area contributed by atoms with Crippen LogP contribution in [-0.2, 0) is 9.53 Å². The van der Waals surface area contributed by atoms with Crippen molar-refractivity contribution >= 4 is 23.0 Å². The van der Waals surface area contributed by atoms with Gasteiger partial charge in [0.25, 0.3) is 6.01 Å². The number of hydrogen-bond donors (Lipinski definition) is 1. The lowest BCUT2D eigenvalue weighted by molar-refractivity contribution is -0.118. The first-order valence-corrected chi connectivity index (χ1v) is 8.93. The van der Waals surface area contributed by atoms with Crippen LogP contribution in [0.5, 0.6) is 0 Å². The second-order valence-electron chi connectivity index (χ2n) is 6.78. The van der Waals surface area contributed by atoms with E-state index < -0.39 is 0 Å². The molecule has 4 rings (SSSR count). The molecule has 2 aliphatic heterocycles. The third kappa shape index (κ3) is 3.34. The summed E-state index contributed by atoms with van der Waals surface area (Å²) in [4.78, 5) is 19.1. The van der Waals surface area contributed by atoms with E-state index in [4.69, 9.17) is 9.15 Å². The average Bonchev–Trinajstić information content (AvgIpc) is 3.26. The number of benzene rings is 1. The van der Waals surface area contributed by atoms with Gasteiger partial charge in [-0.1, -0.05) is 6.07 Å². The highest BCUT2D eigenvalue weighted by Crippen LogP contribution is 2.28. The van der Waals surface area contributed by atoms with Crippen molar-refractivity contribution in [2.45, 2.75) is 38.6 Å². The van der Waals surface area contributed by atoms with Crippen LogP contribution in [0.2, 0.25) is 0 Å². The van der Waals surface area contributed by atoms with Crippen LogP contribution in [0.25, 0.3) is 11.1 Å². The van der Waals surface area contributed by atoms with Gasteiger partial charge in [-0.25, -0.2) is 0 Å². The highest BCUT2D eigenvalue weighted by molar-refractivity contribution is 5.93. The standard InChI is InChI=1S/C19H23N3O3/c1-13-6-7-17-16(10-13)21-19(25-17)22-8-2-5-15(22)11-20-18(23)14-4-3-9-24-12-14/h6-7,10,12,15H,2-5,8-9,11H2,1H3,(H,20,23). The van der Waals surface area contributed by atoms with Gasteiger partial charge in [0, 0.05) is 13.1 Å². The Morgan fingerprint density at radius 1 is 1.40 bits per heavy atom. The number of nitrogens with zero attached hydrogens (tertiary/aromatic N) is 2. The van der Waals surface area contributed by atoms with E-state index >= 15 is 0 Å². The Hall–Kier alpha value is -2.50. The summed E-state index contributed by atoms with van der Waals surface area (Å²) in [5.74, 6) is -0.0280. The molecule has 132 valence electrons. The summed E-state index contributed by atoms with van der Waals surface area (Å²) in [6.07, 6.45) is 5.37. The number of amides is 1. The van der Waals surface area contributed by atoms with Crippen LogP contribution in [0.15, 0.2) is 34.5 Å². The predicted molar refractivity (Wildman–Crippen MR) is 95.4 cm³/mol.